The zero-order valence-corrected chi connectivity index (χ0v) is 11.9. The summed E-state index contributed by atoms with van der Waals surface area (Å²) >= 11 is 1.61. The monoisotopic (exact) mass is 285 g/mol. The number of amides is 1. The minimum atomic E-state index is -0.0915. The number of carbonyl (C=O) groups is 1. The maximum Gasteiger partial charge on any atom is 0.239 e. The first-order chi connectivity index (χ1) is 9.63. The van der Waals surface area contributed by atoms with Crippen molar-refractivity contribution in [2.75, 3.05) is 11.1 Å². The minimum absolute atomic E-state index is 0.00780. The first-order valence-corrected chi connectivity index (χ1v) is 7.29. The molecular weight excluding hydrogens is 270 g/mol. The van der Waals surface area contributed by atoms with E-state index in [-0.39, 0.29) is 11.2 Å². The van der Waals surface area contributed by atoms with Crippen LogP contribution in [0.1, 0.15) is 11.1 Å². The normalized spacial score (nSPS) is 16.8. The van der Waals surface area contributed by atoms with Gasteiger partial charge in [-0.15, -0.1) is 11.8 Å². The van der Waals surface area contributed by atoms with E-state index in [4.69, 9.17) is 5.73 Å². The Labute approximate surface area is 121 Å². The van der Waals surface area contributed by atoms with Gasteiger partial charge in [0.15, 0.2) is 0 Å². The van der Waals surface area contributed by atoms with Crippen molar-refractivity contribution in [1.29, 1.82) is 0 Å². The summed E-state index contributed by atoms with van der Waals surface area (Å²) < 4.78 is 0. The number of benzene rings is 1. The zero-order valence-electron chi connectivity index (χ0n) is 11.1. The number of anilines is 2. The zero-order chi connectivity index (χ0) is 14.1. The van der Waals surface area contributed by atoms with Gasteiger partial charge in [0.2, 0.25) is 5.91 Å². The summed E-state index contributed by atoms with van der Waals surface area (Å²) in [4.78, 5) is 17.7. The smallest absolute Gasteiger partial charge is 0.239 e. The number of hydrogen-bond donors (Lipinski definition) is 2. The summed E-state index contributed by atoms with van der Waals surface area (Å²) in [7, 11) is 0. The van der Waals surface area contributed by atoms with Gasteiger partial charge in [0.25, 0.3) is 0 Å². The van der Waals surface area contributed by atoms with Gasteiger partial charge in [0.1, 0.15) is 5.82 Å². The Hall–Kier alpha value is -2.01. The fraction of sp³-hybridized carbons (Fsp3) is 0.200. The van der Waals surface area contributed by atoms with E-state index < -0.39 is 0 Å². The second-order valence-electron chi connectivity index (χ2n) is 4.84. The summed E-state index contributed by atoms with van der Waals surface area (Å²) in [5.41, 5.74) is 8.37. The molecule has 0 bridgehead atoms. The molecule has 1 amide bonds. The lowest BCUT2D eigenvalue weighted by atomic mass is 10.1. The molecule has 1 unspecified atom stereocenters. The summed E-state index contributed by atoms with van der Waals surface area (Å²) in [5, 5.41) is 2.80. The maximum absolute atomic E-state index is 12.3. The quantitative estimate of drug-likeness (QED) is 0.890. The second-order valence-corrected chi connectivity index (χ2v) is 6.09. The van der Waals surface area contributed by atoms with Gasteiger partial charge in [-0.1, -0.05) is 18.2 Å². The van der Waals surface area contributed by atoms with E-state index >= 15 is 0 Å². The molecule has 0 fully saturated rings. The van der Waals surface area contributed by atoms with E-state index in [0.717, 1.165) is 12.0 Å². The molecule has 102 valence electrons. The van der Waals surface area contributed by atoms with Crippen LogP contribution >= 0.6 is 11.8 Å². The van der Waals surface area contributed by atoms with Crippen LogP contribution in [0, 0.1) is 6.92 Å². The summed E-state index contributed by atoms with van der Waals surface area (Å²) in [6.45, 7) is 1.88. The van der Waals surface area contributed by atoms with E-state index in [1.54, 1.807) is 24.0 Å². The van der Waals surface area contributed by atoms with Crippen LogP contribution in [0.25, 0.3) is 0 Å². The first kappa shape index (κ1) is 13.0. The highest BCUT2D eigenvalue weighted by Gasteiger charge is 2.28. The van der Waals surface area contributed by atoms with E-state index in [2.05, 4.69) is 22.4 Å². The molecule has 4 nitrogen and oxygen atoms in total. The van der Waals surface area contributed by atoms with Crippen LogP contribution in [-0.4, -0.2) is 16.1 Å². The van der Waals surface area contributed by atoms with Gasteiger partial charge in [-0.05, 0) is 36.6 Å². The molecule has 0 saturated carbocycles. The van der Waals surface area contributed by atoms with Crippen molar-refractivity contribution in [2.24, 2.45) is 0 Å². The average molecular weight is 285 g/mol. The highest BCUT2D eigenvalue weighted by Crippen LogP contribution is 2.37. The molecule has 1 atom stereocenters. The number of carbonyl (C=O) groups excluding carboxylic acids is 1. The Morgan fingerprint density at radius 2 is 2.25 bits per heavy atom. The minimum Gasteiger partial charge on any atom is -0.397 e. The van der Waals surface area contributed by atoms with Crippen LogP contribution in [0.5, 0.6) is 0 Å². The predicted molar refractivity (Wildman–Crippen MR) is 81.8 cm³/mol. The molecular formula is C15H15N3OS. The van der Waals surface area contributed by atoms with Crippen molar-refractivity contribution in [3.63, 3.8) is 0 Å². The molecule has 1 aromatic carbocycles. The lowest BCUT2D eigenvalue weighted by Crippen LogP contribution is -2.25. The Morgan fingerprint density at radius 1 is 1.45 bits per heavy atom. The molecule has 0 spiro atoms. The third-order valence-corrected chi connectivity index (χ3v) is 4.60. The summed E-state index contributed by atoms with van der Waals surface area (Å²) in [6.07, 6.45) is 2.32. The van der Waals surface area contributed by atoms with E-state index in [1.807, 2.05) is 19.1 Å². The Balaban J connectivity index is 1.72. The second kappa shape index (κ2) is 5.17. The number of nitrogens with zero attached hydrogens (tertiary/aromatic N) is 1. The van der Waals surface area contributed by atoms with Crippen LogP contribution in [0.2, 0.25) is 0 Å². The predicted octanol–water partition coefficient (Wildman–Crippen LogP) is 2.63. The Kier molecular flexibility index (Phi) is 3.36. The van der Waals surface area contributed by atoms with Crippen molar-refractivity contribution in [3.8, 4) is 0 Å². The van der Waals surface area contributed by atoms with Gasteiger partial charge >= 0.3 is 0 Å². The van der Waals surface area contributed by atoms with Gasteiger partial charge < -0.3 is 11.1 Å². The Bertz CT molecular complexity index is 647. The fourth-order valence-electron chi connectivity index (χ4n) is 2.25. The molecule has 3 N–H and O–H groups in total. The van der Waals surface area contributed by atoms with Crippen LogP contribution in [0.4, 0.5) is 11.5 Å². The number of nitrogens with one attached hydrogen (secondary N) is 1. The molecule has 0 saturated heterocycles. The molecule has 2 heterocycles. The van der Waals surface area contributed by atoms with Crippen LogP contribution in [0.15, 0.2) is 41.4 Å². The maximum atomic E-state index is 12.3. The third kappa shape index (κ3) is 2.49. The fourth-order valence-corrected chi connectivity index (χ4v) is 3.45. The van der Waals surface area contributed by atoms with E-state index in [9.17, 15) is 4.79 Å². The third-order valence-electron chi connectivity index (χ3n) is 3.28. The molecule has 0 radical (unpaired) electrons. The lowest BCUT2D eigenvalue weighted by Gasteiger charge is -2.11. The molecule has 1 aliphatic rings. The van der Waals surface area contributed by atoms with Gasteiger partial charge in [0, 0.05) is 4.90 Å². The molecule has 5 heteroatoms. The number of aryl methyl sites for hydroxylation is 1. The standard InChI is InChI=1S/C15H15N3OS/c1-9-6-11(16)8-17-14(9)18-15(19)13-7-10-4-2-3-5-12(10)20-13/h2-6,8,13H,7,16H2,1H3,(H,17,18,19). The highest BCUT2D eigenvalue weighted by molar-refractivity contribution is 8.01. The van der Waals surface area contributed by atoms with Gasteiger partial charge in [-0.3, -0.25) is 4.79 Å². The van der Waals surface area contributed by atoms with Crippen molar-refractivity contribution in [3.05, 3.63) is 47.7 Å². The number of aromatic nitrogens is 1. The molecule has 0 aliphatic carbocycles. The number of rotatable bonds is 2. The number of fused-ring (bicyclic) bond motifs is 1. The highest BCUT2D eigenvalue weighted by atomic mass is 32.2. The van der Waals surface area contributed by atoms with Crippen molar-refractivity contribution < 1.29 is 4.79 Å². The number of thioether (sulfide) groups is 1. The Morgan fingerprint density at radius 3 is 3.00 bits per heavy atom. The largest absolute Gasteiger partial charge is 0.397 e. The van der Waals surface area contributed by atoms with Crippen molar-refractivity contribution in [2.45, 2.75) is 23.5 Å². The lowest BCUT2D eigenvalue weighted by molar-refractivity contribution is -0.115. The van der Waals surface area contributed by atoms with Crippen LogP contribution in [0.3, 0.4) is 0 Å². The van der Waals surface area contributed by atoms with Crippen molar-refractivity contribution >= 4 is 29.2 Å². The molecule has 2 aromatic rings. The average Bonchev–Trinajstić information content (AvgIpc) is 2.86. The number of hydrogen-bond acceptors (Lipinski definition) is 4. The van der Waals surface area contributed by atoms with E-state index in [0.29, 0.717) is 11.5 Å². The van der Waals surface area contributed by atoms with Crippen molar-refractivity contribution in [1.82, 2.24) is 4.98 Å². The molecule has 20 heavy (non-hydrogen) atoms. The SMILES string of the molecule is Cc1cc(N)cnc1NC(=O)C1Cc2ccccc2S1. The molecule has 3 rings (SSSR count). The first-order valence-electron chi connectivity index (χ1n) is 6.41. The number of pyridine rings is 1. The topological polar surface area (TPSA) is 68.0 Å². The molecule has 1 aliphatic heterocycles. The number of nitrogens with two attached hydrogens (primary N) is 1. The van der Waals surface area contributed by atoms with Gasteiger partial charge in [-0.25, -0.2) is 4.98 Å². The summed E-state index contributed by atoms with van der Waals surface area (Å²) in [5.74, 6) is 0.576. The van der Waals surface area contributed by atoms with Crippen LogP contribution in [-0.2, 0) is 11.2 Å². The van der Waals surface area contributed by atoms with Crippen LogP contribution < -0.4 is 11.1 Å². The summed E-state index contributed by atoms with van der Waals surface area (Å²) in [6, 6.07) is 9.94. The van der Waals surface area contributed by atoms with Gasteiger partial charge in [0.05, 0.1) is 17.1 Å². The van der Waals surface area contributed by atoms with Gasteiger partial charge in [-0.2, -0.15) is 0 Å². The van der Waals surface area contributed by atoms with E-state index in [1.165, 1.54) is 10.5 Å². The number of nitrogen functional groups attached to an aromatic ring is 1. The molecule has 1 aromatic heterocycles.